The Hall–Kier alpha value is -1.82. The van der Waals surface area contributed by atoms with Crippen molar-refractivity contribution < 1.29 is 23.1 Å². The molecule has 0 saturated carbocycles. The van der Waals surface area contributed by atoms with Crippen molar-refractivity contribution in [1.82, 2.24) is 0 Å². The maximum Gasteiger partial charge on any atom is 0.458 e. The lowest BCUT2D eigenvalue weighted by molar-refractivity contribution is -0.355. The van der Waals surface area contributed by atoms with Gasteiger partial charge in [-0.1, -0.05) is 41.6 Å². The smallest absolute Gasteiger partial charge is 0.350 e. The van der Waals surface area contributed by atoms with E-state index in [-0.39, 0.29) is 5.71 Å². The van der Waals surface area contributed by atoms with Crippen LogP contribution < -0.4 is 0 Å². The molecule has 1 aromatic carbocycles. The highest BCUT2D eigenvalue weighted by atomic mass is 19.4. The summed E-state index contributed by atoms with van der Waals surface area (Å²) >= 11 is 0. The van der Waals surface area contributed by atoms with Crippen LogP contribution in [0.25, 0.3) is 6.08 Å². The van der Waals surface area contributed by atoms with E-state index in [9.17, 15) is 18.3 Å². The Labute approximate surface area is 101 Å². The molecule has 2 rings (SSSR count). The Morgan fingerprint density at radius 3 is 2.44 bits per heavy atom. The van der Waals surface area contributed by atoms with Crippen molar-refractivity contribution in [3.05, 3.63) is 42.0 Å². The minimum Gasteiger partial charge on any atom is -0.350 e. The highest BCUT2D eigenvalue weighted by molar-refractivity contribution is 5.99. The van der Waals surface area contributed by atoms with Gasteiger partial charge in [0.2, 0.25) is 0 Å². The molecule has 0 aliphatic carbocycles. The Kier molecular flexibility index (Phi) is 3.13. The predicted molar refractivity (Wildman–Crippen MR) is 59.6 cm³/mol. The lowest BCUT2D eigenvalue weighted by Crippen LogP contribution is -2.45. The largest absolute Gasteiger partial charge is 0.458 e. The van der Waals surface area contributed by atoms with E-state index >= 15 is 0 Å². The van der Waals surface area contributed by atoms with Gasteiger partial charge in [-0.25, -0.2) is 0 Å². The van der Waals surface area contributed by atoms with Crippen LogP contribution in [0.2, 0.25) is 0 Å². The molecule has 6 heteroatoms. The molecule has 3 nitrogen and oxygen atoms in total. The number of aliphatic hydroxyl groups is 1. The van der Waals surface area contributed by atoms with Gasteiger partial charge in [-0.05, 0) is 11.6 Å². The van der Waals surface area contributed by atoms with Crippen molar-refractivity contribution in [3.8, 4) is 0 Å². The number of benzene rings is 1. The molecule has 0 bridgehead atoms. The van der Waals surface area contributed by atoms with Crippen LogP contribution in [0.5, 0.6) is 0 Å². The van der Waals surface area contributed by atoms with Gasteiger partial charge in [0.1, 0.15) is 0 Å². The molecule has 96 valence electrons. The number of halogens is 3. The molecular weight excluding hydrogens is 247 g/mol. The lowest BCUT2D eigenvalue weighted by atomic mass is 10.1. The lowest BCUT2D eigenvalue weighted by Gasteiger charge is -2.22. The predicted octanol–water partition coefficient (Wildman–Crippen LogP) is 2.73. The average molecular weight is 257 g/mol. The molecule has 0 saturated heterocycles. The normalized spacial score (nSPS) is 24.1. The number of hydrogen-bond donors (Lipinski definition) is 1. The number of allylic oxidation sites excluding steroid dienone is 1. The van der Waals surface area contributed by atoms with Gasteiger partial charge in [-0.15, -0.1) is 0 Å². The summed E-state index contributed by atoms with van der Waals surface area (Å²) in [7, 11) is 0. The summed E-state index contributed by atoms with van der Waals surface area (Å²) in [5, 5.41) is 12.4. The van der Waals surface area contributed by atoms with Crippen LogP contribution in [0.15, 0.2) is 41.6 Å². The Morgan fingerprint density at radius 1 is 1.22 bits per heavy atom. The highest BCUT2D eigenvalue weighted by Crippen LogP contribution is 2.37. The van der Waals surface area contributed by atoms with E-state index in [1.165, 1.54) is 6.08 Å². The standard InChI is InChI=1S/C12H10F3NO2/c13-12(14,15)11(17)8-10(16-18-11)7-6-9-4-2-1-3-5-9/h1-7,17H,8H2/t11-/m1/s1. The molecule has 1 N–H and O–H groups in total. The van der Waals surface area contributed by atoms with Gasteiger partial charge in [0.25, 0.3) is 0 Å². The SMILES string of the molecule is O[C@]1(C(F)(F)F)CC(C=Cc2ccccc2)=NO1. The fourth-order valence-corrected chi connectivity index (χ4v) is 1.44. The van der Waals surface area contributed by atoms with Gasteiger partial charge < -0.3 is 9.94 Å². The van der Waals surface area contributed by atoms with E-state index < -0.39 is 18.4 Å². The van der Waals surface area contributed by atoms with E-state index in [2.05, 4.69) is 9.99 Å². The molecule has 1 heterocycles. The fourth-order valence-electron chi connectivity index (χ4n) is 1.44. The first-order chi connectivity index (χ1) is 8.41. The second-order valence-corrected chi connectivity index (χ2v) is 3.88. The Balaban J connectivity index is 2.04. The zero-order valence-electron chi connectivity index (χ0n) is 9.19. The summed E-state index contributed by atoms with van der Waals surface area (Å²) in [5.41, 5.74) is 0.862. The molecular formula is C12H10F3NO2. The summed E-state index contributed by atoms with van der Waals surface area (Å²) in [6.07, 6.45) is -2.58. The van der Waals surface area contributed by atoms with Crippen molar-refractivity contribution in [2.24, 2.45) is 5.16 Å². The zero-order valence-corrected chi connectivity index (χ0v) is 9.19. The Bertz CT molecular complexity index is 482. The molecule has 18 heavy (non-hydrogen) atoms. The summed E-state index contributed by atoms with van der Waals surface area (Å²) in [6, 6.07) is 9.03. The molecule has 0 radical (unpaired) electrons. The summed E-state index contributed by atoms with van der Waals surface area (Å²) in [5.74, 6) is -3.20. The van der Waals surface area contributed by atoms with E-state index in [1.807, 2.05) is 6.07 Å². The van der Waals surface area contributed by atoms with Crippen molar-refractivity contribution in [3.63, 3.8) is 0 Å². The molecule has 1 atom stereocenters. The molecule has 1 aromatic rings. The second-order valence-electron chi connectivity index (χ2n) is 3.88. The van der Waals surface area contributed by atoms with Crippen LogP contribution in [0.1, 0.15) is 12.0 Å². The summed E-state index contributed by atoms with van der Waals surface area (Å²) in [4.78, 5) is 4.07. The Morgan fingerprint density at radius 2 is 1.89 bits per heavy atom. The second kappa shape index (κ2) is 4.45. The topological polar surface area (TPSA) is 41.8 Å². The van der Waals surface area contributed by atoms with E-state index in [0.717, 1.165) is 5.56 Å². The maximum absolute atomic E-state index is 12.4. The van der Waals surface area contributed by atoms with Crippen LogP contribution in [-0.2, 0) is 4.84 Å². The third-order valence-electron chi connectivity index (χ3n) is 2.45. The van der Waals surface area contributed by atoms with Crippen molar-refractivity contribution in [1.29, 1.82) is 0 Å². The van der Waals surface area contributed by atoms with Crippen molar-refractivity contribution in [2.75, 3.05) is 0 Å². The molecule has 0 amide bonds. The van der Waals surface area contributed by atoms with Gasteiger partial charge in [-0.3, -0.25) is 0 Å². The van der Waals surface area contributed by atoms with Gasteiger partial charge in [-0.2, -0.15) is 13.2 Å². The third kappa shape index (κ3) is 2.53. The molecule has 0 aromatic heterocycles. The number of oxime groups is 1. The van der Waals surface area contributed by atoms with Gasteiger partial charge >= 0.3 is 12.0 Å². The molecule has 0 fully saturated rings. The number of nitrogens with zero attached hydrogens (tertiary/aromatic N) is 1. The third-order valence-corrected chi connectivity index (χ3v) is 2.45. The molecule has 1 aliphatic heterocycles. The van der Waals surface area contributed by atoms with E-state index in [1.54, 1.807) is 30.3 Å². The van der Waals surface area contributed by atoms with Crippen LogP contribution in [0.3, 0.4) is 0 Å². The fraction of sp³-hybridized carbons (Fsp3) is 0.250. The zero-order chi connectivity index (χ0) is 13.2. The van der Waals surface area contributed by atoms with Crippen LogP contribution in [0, 0.1) is 0 Å². The van der Waals surface area contributed by atoms with Gasteiger partial charge in [0, 0.05) is 0 Å². The van der Waals surface area contributed by atoms with E-state index in [0.29, 0.717) is 0 Å². The summed E-state index contributed by atoms with van der Waals surface area (Å²) < 4.78 is 37.2. The first kappa shape index (κ1) is 12.6. The number of hydrogen-bond acceptors (Lipinski definition) is 3. The highest BCUT2D eigenvalue weighted by Gasteiger charge is 2.60. The minimum atomic E-state index is -4.86. The molecule has 0 spiro atoms. The number of rotatable bonds is 2. The number of alkyl halides is 3. The van der Waals surface area contributed by atoms with Crippen LogP contribution >= 0.6 is 0 Å². The molecule has 1 aliphatic rings. The average Bonchev–Trinajstić information content (AvgIpc) is 2.71. The first-order valence-electron chi connectivity index (χ1n) is 5.18. The van der Waals surface area contributed by atoms with Crippen molar-refractivity contribution >= 4 is 11.8 Å². The maximum atomic E-state index is 12.4. The first-order valence-corrected chi connectivity index (χ1v) is 5.18. The minimum absolute atomic E-state index is 0.0404. The van der Waals surface area contributed by atoms with Gasteiger partial charge in [0.05, 0.1) is 12.1 Å². The van der Waals surface area contributed by atoms with E-state index in [4.69, 9.17) is 0 Å². The summed E-state index contributed by atoms with van der Waals surface area (Å²) in [6.45, 7) is 0. The van der Waals surface area contributed by atoms with Gasteiger partial charge in [0.15, 0.2) is 0 Å². The molecule has 0 unspecified atom stereocenters. The monoisotopic (exact) mass is 257 g/mol. The van der Waals surface area contributed by atoms with Crippen molar-refractivity contribution in [2.45, 2.75) is 18.4 Å². The quantitative estimate of drug-likeness (QED) is 0.885. The van der Waals surface area contributed by atoms with Crippen LogP contribution in [-0.4, -0.2) is 22.8 Å². The van der Waals surface area contributed by atoms with Crippen LogP contribution in [0.4, 0.5) is 13.2 Å².